The van der Waals surface area contributed by atoms with Gasteiger partial charge >= 0.3 is 6.09 Å². The van der Waals surface area contributed by atoms with Crippen molar-refractivity contribution in [2.45, 2.75) is 58.5 Å². The largest absolute Gasteiger partial charge is 0.444 e. The van der Waals surface area contributed by atoms with Crippen molar-refractivity contribution in [2.75, 3.05) is 13.2 Å². The van der Waals surface area contributed by atoms with Gasteiger partial charge in [0.1, 0.15) is 11.3 Å². The fourth-order valence-electron chi connectivity index (χ4n) is 1.84. The van der Waals surface area contributed by atoms with Crippen LogP contribution in [0.25, 0.3) is 0 Å². The lowest BCUT2D eigenvalue weighted by atomic mass is 10.2. The Kier molecular flexibility index (Phi) is 4.04. The van der Waals surface area contributed by atoms with Crippen molar-refractivity contribution in [3.05, 3.63) is 0 Å². The van der Waals surface area contributed by atoms with Gasteiger partial charge in [-0.15, -0.1) is 0 Å². The monoisotopic (exact) mass is 245 g/mol. The van der Waals surface area contributed by atoms with Crippen LogP contribution in [0.3, 0.4) is 0 Å². The molecular formula is C12H23NO4. The molecule has 1 aliphatic rings. The third-order valence-electron chi connectivity index (χ3n) is 2.56. The molecule has 1 amide bonds. The van der Waals surface area contributed by atoms with Gasteiger partial charge in [0.05, 0.1) is 12.6 Å². The maximum absolute atomic E-state index is 12.0. The van der Waals surface area contributed by atoms with Crippen molar-refractivity contribution in [1.82, 2.24) is 4.90 Å². The smallest absolute Gasteiger partial charge is 0.412 e. The zero-order valence-corrected chi connectivity index (χ0v) is 11.3. The summed E-state index contributed by atoms with van der Waals surface area (Å²) in [6, 6.07) is 0. The van der Waals surface area contributed by atoms with Crippen molar-refractivity contribution < 1.29 is 19.4 Å². The van der Waals surface area contributed by atoms with E-state index >= 15 is 0 Å². The zero-order chi connectivity index (χ0) is 13.3. The van der Waals surface area contributed by atoms with Gasteiger partial charge in [0.25, 0.3) is 0 Å². The van der Waals surface area contributed by atoms with Gasteiger partial charge in [-0.1, -0.05) is 0 Å². The highest BCUT2D eigenvalue weighted by molar-refractivity contribution is 5.69. The number of amides is 1. The summed E-state index contributed by atoms with van der Waals surface area (Å²) in [6.07, 6.45) is 0.0355. The molecular weight excluding hydrogens is 222 g/mol. The molecule has 0 unspecified atom stereocenters. The van der Waals surface area contributed by atoms with Gasteiger partial charge in [0.2, 0.25) is 0 Å². The molecule has 100 valence electrons. The van der Waals surface area contributed by atoms with Gasteiger partial charge in [-0.3, -0.25) is 4.90 Å². The van der Waals surface area contributed by atoms with Gasteiger partial charge in [0.15, 0.2) is 0 Å². The maximum atomic E-state index is 12.0. The van der Waals surface area contributed by atoms with Crippen molar-refractivity contribution in [1.29, 1.82) is 0 Å². The van der Waals surface area contributed by atoms with Gasteiger partial charge in [-0.2, -0.15) is 0 Å². The first kappa shape index (κ1) is 14.3. The fourth-order valence-corrected chi connectivity index (χ4v) is 1.84. The SMILES string of the molecule is CC(C)(C)OC(=O)N1C[C@H](CCO)OC1(C)C. The summed E-state index contributed by atoms with van der Waals surface area (Å²) < 4.78 is 11.0. The number of carbonyl (C=O) groups excluding carboxylic acids is 1. The van der Waals surface area contributed by atoms with Crippen LogP contribution in [-0.4, -0.2) is 46.7 Å². The zero-order valence-electron chi connectivity index (χ0n) is 11.3. The number of rotatable bonds is 2. The second-order valence-electron chi connectivity index (χ2n) is 5.79. The summed E-state index contributed by atoms with van der Waals surface area (Å²) in [5, 5.41) is 8.89. The van der Waals surface area contributed by atoms with Gasteiger partial charge in [-0.05, 0) is 41.0 Å². The molecule has 1 heterocycles. The predicted molar refractivity (Wildman–Crippen MR) is 63.6 cm³/mol. The topological polar surface area (TPSA) is 59.0 Å². The number of ether oxygens (including phenoxy) is 2. The Hall–Kier alpha value is -0.810. The van der Waals surface area contributed by atoms with Crippen molar-refractivity contribution >= 4 is 6.09 Å². The van der Waals surface area contributed by atoms with Crippen LogP contribution in [0.1, 0.15) is 41.0 Å². The Bertz CT molecular complexity index is 283. The average Bonchev–Trinajstić information content (AvgIpc) is 2.38. The lowest BCUT2D eigenvalue weighted by Crippen LogP contribution is -2.46. The summed E-state index contributed by atoms with van der Waals surface area (Å²) >= 11 is 0. The summed E-state index contributed by atoms with van der Waals surface area (Å²) in [5.41, 5.74) is -1.19. The molecule has 0 aliphatic carbocycles. The van der Waals surface area contributed by atoms with Crippen LogP contribution in [0.15, 0.2) is 0 Å². The highest BCUT2D eigenvalue weighted by atomic mass is 16.6. The first-order valence-corrected chi connectivity index (χ1v) is 5.95. The molecule has 0 saturated carbocycles. The average molecular weight is 245 g/mol. The molecule has 1 rings (SSSR count). The Balaban J connectivity index is 2.67. The van der Waals surface area contributed by atoms with Crippen molar-refractivity contribution in [3.8, 4) is 0 Å². The van der Waals surface area contributed by atoms with Gasteiger partial charge in [-0.25, -0.2) is 4.79 Å². The minimum absolute atomic E-state index is 0.0584. The molecule has 0 spiro atoms. The van der Waals surface area contributed by atoms with Crippen molar-refractivity contribution in [2.24, 2.45) is 0 Å². The van der Waals surface area contributed by atoms with E-state index in [9.17, 15) is 4.79 Å². The Morgan fingerprint density at radius 3 is 2.59 bits per heavy atom. The molecule has 5 nitrogen and oxygen atoms in total. The number of aliphatic hydroxyl groups is 1. The molecule has 0 bridgehead atoms. The second kappa shape index (κ2) is 4.82. The molecule has 0 aromatic rings. The van der Waals surface area contributed by atoms with Crippen LogP contribution >= 0.6 is 0 Å². The number of hydrogen-bond acceptors (Lipinski definition) is 4. The molecule has 0 aromatic carbocycles. The summed E-state index contributed by atoms with van der Waals surface area (Å²) in [4.78, 5) is 13.6. The molecule has 5 heteroatoms. The predicted octanol–water partition coefficient (Wildman–Crippen LogP) is 1.74. The first-order chi connectivity index (χ1) is 7.65. The Morgan fingerprint density at radius 2 is 2.12 bits per heavy atom. The molecule has 0 radical (unpaired) electrons. The minimum atomic E-state index is -0.678. The normalized spacial score (nSPS) is 23.9. The number of nitrogens with zero attached hydrogens (tertiary/aromatic N) is 1. The molecule has 1 atom stereocenters. The molecule has 1 fully saturated rings. The minimum Gasteiger partial charge on any atom is -0.444 e. The molecule has 1 aliphatic heterocycles. The highest BCUT2D eigenvalue weighted by Gasteiger charge is 2.43. The van der Waals surface area contributed by atoms with E-state index in [1.807, 2.05) is 34.6 Å². The fraction of sp³-hybridized carbons (Fsp3) is 0.917. The maximum Gasteiger partial charge on any atom is 0.412 e. The Morgan fingerprint density at radius 1 is 1.53 bits per heavy atom. The van der Waals surface area contributed by atoms with Crippen LogP contribution in [0, 0.1) is 0 Å². The quantitative estimate of drug-likeness (QED) is 0.805. The Labute approximate surface area is 103 Å². The second-order valence-corrected chi connectivity index (χ2v) is 5.79. The summed E-state index contributed by atoms with van der Waals surface area (Å²) in [6.45, 7) is 9.67. The summed E-state index contributed by atoms with van der Waals surface area (Å²) in [7, 11) is 0. The van der Waals surface area contributed by atoms with E-state index in [0.717, 1.165) is 0 Å². The lowest BCUT2D eigenvalue weighted by Gasteiger charge is -2.31. The van der Waals surface area contributed by atoms with Gasteiger partial charge in [0, 0.05) is 6.61 Å². The van der Waals surface area contributed by atoms with E-state index in [1.165, 1.54) is 0 Å². The van der Waals surface area contributed by atoms with E-state index in [2.05, 4.69) is 0 Å². The highest BCUT2D eigenvalue weighted by Crippen LogP contribution is 2.29. The molecule has 1 saturated heterocycles. The third kappa shape index (κ3) is 3.85. The number of hydrogen-bond donors (Lipinski definition) is 1. The third-order valence-corrected chi connectivity index (χ3v) is 2.56. The standard InChI is InChI=1S/C12H23NO4/c1-11(2,3)17-10(15)13-8-9(6-7-14)16-12(13,4)5/h9,14H,6-8H2,1-5H3/t9-/m0/s1. The van der Waals surface area contributed by atoms with E-state index in [1.54, 1.807) is 4.90 Å². The number of aliphatic hydroxyl groups excluding tert-OH is 1. The van der Waals surface area contributed by atoms with E-state index < -0.39 is 11.3 Å². The van der Waals surface area contributed by atoms with Gasteiger partial charge < -0.3 is 14.6 Å². The lowest BCUT2D eigenvalue weighted by molar-refractivity contribution is -0.0809. The molecule has 0 aromatic heterocycles. The van der Waals surface area contributed by atoms with Crippen LogP contribution < -0.4 is 0 Å². The first-order valence-electron chi connectivity index (χ1n) is 5.95. The summed E-state index contributed by atoms with van der Waals surface area (Å²) in [5.74, 6) is 0. The van der Waals surface area contributed by atoms with Crippen molar-refractivity contribution in [3.63, 3.8) is 0 Å². The van der Waals surface area contributed by atoms with E-state index in [4.69, 9.17) is 14.6 Å². The van der Waals surface area contributed by atoms with Crippen LogP contribution in [0.5, 0.6) is 0 Å². The van der Waals surface area contributed by atoms with E-state index in [0.29, 0.717) is 13.0 Å². The molecule has 1 N–H and O–H groups in total. The van der Waals surface area contributed by atoms with Crippen LogP contribution in [0.4, 0.5) is 4.79 Å². The number of carbonyl (C=O) groups is 1. The van der Waals surface area contributed by atoms with Crippen LogP contribution in [0.2, 0.25) is 0 Å². The van der Waals surface area contributed by atoms with Crippen LogP contribution in [-0.2, 0) is 9.47 Å². The van der Waals surface area contributed by atoms with E-state index in [-0.39, 0.29) is 18.8 Å². The molecule has 17 heavy (non-hydrogen) atoms.